The minimum absolute atomic E-state index is 0.0152. The number of aliphatic hydroxyl groups is 2. The van der Waals surface area contributed by atoms with Crippen LogP contribution in [-0.4, -0.2) is 68.2 Å². The molecule has 35 heavy (non-hydrogen) atoms. The van der Waals surface area contributed by atoms with Crippen LogP contribution in [0.15, 0.2) is 17.1 Å². The van der Waals surface area contributed by atoms with Gasteiger partial charge in [0.15, 0.2) is 17.5 Å². The highest BCUT2D eigenvalue weighted by Crippen LogP contribution is 2.66. The fourth-order valence-electron chi connectivity index (χ4n) is 3.34. The predicted molar refractivity (Wildman–Crippen MR) is 113 cm³/mol. The number of rotatable bonds is 8. The van der Waals surface area contributed by atoms with E-state index < -0.39 is 59.2 Å². The number of nitrogens with two attached hydrogens (primary N) is 1. The van der Waals surface area contributed by atoms with E-state index in [9.17, 15) is 38.5 Å². The molecule has 2 aromatic rings. The summed E-state index contributed by atoms with van der Waals surface area (Å²) in [5.74, 6) is 1.65. The summed E-state index contributed by atoms with van der Waals surface area (Å²) in [6, 6.07) is 1.29. The van der Waals surface area contributed by atoms with Gasteiger partial charge in [0.05, 0.1) is 11.5 Å². The minimum atomic E-state index is -5.80. The van der Waals surface area contributed by atoms with Crippen molar-refractivity contribution in [2.75, 3.05) is 5.73 Å². The number of aliphatic hydroxyl groups excluding tert-OH is 1. The van der Waals surface area contributed by atoms with Crippen LogP contribution in [0.4, 0.5) is 5.95 Å². The van der Waals surface area contributed by atoms with Gasteiger partial charge in [-0.15, -0.1) is 6.42 Å². The molecule has 1 aliphatic rings. The molecule has 0 aliphatic carbocycles. The molecule has 0 spiro atoms. The highest BCUT2D eigenvalue weighted by molar-refractivity contribution is 7.66. The molecule has 0 bridgehead atoms. The highest BCUT2D eigenvalue weighted by Gasteiger charge is 2.58. The van der Waals surface area contributed by atoms with Crippen molar-refractivity contribution in [3.05, 3.63) is 22.6 Å². The second-order valence-corrected chi connectivity index (χ2v) is 11.6. The van der Waals surface area contributed by atoms with E-state index in [0.717, 1.165) is 11.5 Å². The molecular formula is C14H19N4O14P3. The molecule has 0 amide bonds. The second kappa shape index (κ2) is 9.18. The lowest BCUT2D eigenvalue weighted by atomic mass is 9.93. The number of anilines is 1. The van der Waals surface area contributed by atoms with Gasteiger partial charge in [-0.3, -0.25) is 14.3 Å². The van der Waals surface area contributed by atoms with Crippen molar-refractivity contribution in [1.29, 1.82) is 0 Å². The van der Waals surface area contributed by atoms with Gasteiger partial charge in [0, 0.05) is 6.20 Å². The molecule has 3 heterocycles. The van der Waals surface area contributed by atoms with E-state index in [4.69, 9.17) is 26.7 Å². The summed E-state index contributed by atoms with van der Waals surface area (Å²) in [4.78, 5) is 54.4. The number of ether oxygens (including phenoxy) is 1. The zero-order chi connectivity index (χ0) is 26.6. The van der Waals surface area contributed by atoms with Crippen molar-refractivity contribution < 1.29 is 61.4 Å². The van der Waals surface area contributed by atoms with Crippen molar-refractivity contribution in [2.24, 2.45) is 0 Å². The summed E-state index contributed by atoms with van der Waals surface area (Å²) < 4.78 is 52.9. The van der Waals surface area contributed by atoms with Gasteiger partial charge in [0.25, 0.3) is 5.56 Å². The molecule has 0 radical (unpaired) electrons. The lowest BCUT2D eigenvalue weighted by Gasteiger charge is -2.27. The van der Waals surface area contributed by atoms with Crippen LogP contribution in [0.1, 0.15) is 13.2 Å². The van der Waals surface area contributed by atoms with Crippen molar-refractivity contribution >= 4 is 40.4 Å². The van der Waals surface area contributed by atoms with E-state index in [-0.39, 0.29) is 17.0 Å². The van der Waals surface area contributed by atoms with Crippen LogP contribution >= 0.6 is 23.5 Å². The number of hydrogen-bond acceptors (Lipinski definition) is 12. The van der Waals surface area contributed by atoms with Crippen LogP contribution in [0.2, 0.25) is 0 Å². The summed E-state index contributed by atoms with van der Waals surface area (Å²) in [7, 11) is -17.0. The number of phosphoric ester groups is 1. The first-order valence-electron chi connectivity index (χ1n) is 9.11. The largest absolute Gasteiger partial charge is 0.490 e. The fraction of sp³-hybridized carbons (Fsp3) is 0.429. The molecular weight excluding hydrogens is 541 g/mol. The highest BCUT2D eigenvalue weighted by atomic mass is 31.3. The van der Waals surface area contributed by atoms with E-state index in [0.29, 0.717) is 0 Å². The Morgan fingerprint density at radius 1 is 1.29 bits per heavy atom. The third-order valence-electron chi connectivity index (χ3n) is 4.69. The maximum Gasteiger partial charge on any atom is 0.490 e. The Labute approximate surface area is 194 Å². The maximum atomic E-state index is 12.1. The van der Waals surface area contributed by atoms with Crippen LogP contribution in [0.5, 0.6) is 0 Å². The molecule has 7 atom stereocenters. The summed E-state index contributed by atoms with van der Waals surface area (Å²) in [6.45, 7) is 1.01. The van der Waals surface area contributed by atoms with Gasteiger partial charge in [0.2, 0.25) is 5.95 Å². The number of phosphoric acid groups is 3. The number of aromatic nitrogens is 3. The van der Waals surface area contributed by atoms with Crippen LogP contribution in [0, 0.1) is 12.3 Å². The number of H-pyrrole nitrogens is 1. The quantitative estimate of drug-likeness (QED) is 0.137. The molecule has 0 saturated carbocycles. The van der Waals surface area contributed by atoms with E-state index in [2.05, 4.69) is 23.1 Å². The van der Waals surface area contributed by atoms with E-state index >= 15 is 0 Å². The third-order valence-corrected chi connectivity index (χ3v) is 8.61. The first kappa shape index (κ1) is 27.7. The summed E-state index contributed by atoms with van der Waals surface area (Å²) >= 11 is 0. The zero-order valence-electron chi connectivity index (χ0n) is 17.3. The second-order valence-electron chi connectivity index (χ2n) is 7.18. The van der Waals surface area contributed by atoms with Gasteiger partial charge < -0.3 is 44.8 Å². The van der Waals surface area contributed by atoms with Crippen LogP contribution in [-0.2, 0) is 31.6 Å². The van der Waals surface area contributed by atoms with Crippen LogP contribution in [0.25, 0.3) is 11.0 Å². The SMILES string of the molecule is C#CC1(O)[C@@H](O)[C@@H]([C@@H](C)OP(=O)(O)OP(=O)(O)OP(=O)(O)O)O[C@H]1n1ccc2c(=O)[nH]c(N)nc21. The maximum absolute atomic E-state index is 12.1. The molecule has 9 N–H and O–H groups in total. The van der Waals surface area contributed by atoms with Gasteiger partial charge in [-0.25, -0.2) is 13.7 Å². The molecule has 3 rings (SSSR count). The molecule has 3 unspecified atom stereocenters. The first-order chi connectivity index (χ1) is 15.9. The Balaban J connectivity index is 1.89. The zero-order valence-corrected chi connectivity index (χ0v) is 20.0. The fourth-order valence-corrected chi connectivity index (χ4v) is 6.54. The molecule has 194 valence electrons. The number of nitrogens with one attached hydrogen (secondary N) is 1. The molecule has 1 saturated heterocycles. The number of nitrogens with zero attached hydrogens (tertiary/aromatic N) is 2. The minimum Gasteiger partial charge on any atom is -0.386 e. The normalized spacial score (nSPS) is 29.4. The number of fused-ring (bicyclic) bond motifs is 1. The average Bonchev–Trinajstić information content (AvgIpc) is 3.18. The number of nitrogen functional groups attached to an aromatic ring is 1. The van der Waals surface area contributed by atoms with Gasteiger partial charge in [-0.2, -0.15) is 13.6 Å². The smallest absolute Gasteiger partial charge is 0.386 e. The summed E-state index contributed by atoms with van der Waals surface area (Å²) in [5, 5.41) is 21.6. The van der Waals surface area contributed by atoms with Gasteiger partial charge in [-0.05, 0) is 13.0 Å². The molecule has 21 heteroatoms. The molecule has 1 fully saturated rings. The van der Waals surface area contributed by atoms with E-state index in [1.54, 1.807) is 0 Å². The number of hydrogen-bond donors (Lipinski definition) is 8. The molecule has 18 nitrogen and oxygen atoms in total. The van der Waals surface area contributed by atoms with Crippen LogP contribution < -0.4 is 11.3 Å². The Hall–Kier alpha value is -1.93. The standard InChI is InChI=1S/C14H19N4O14P3/c1-3-14(21)9(19)8(6(2)30-34(25,26)32-35(27,28)31-33(22,23)24)29-12(14)18-5-4-7-10(18)16-13(15)17-11(7)20/h1,4-6,8-9,12,19,21H,2H3,(H,25,26)(H,27,28)(H2,22,23,24)(H3,15,16,17,20)/t6-,8-,9+,12-,14?/m1/s1. The van der Waals surface area contributed by atoms with E-state index in [1.807, 2.05) is 5.92 Å². The number of aromatic amines is 1. The summed E-state index contributed by atoms with van der Waals surface area (Å²) in [5.41, 5.74) is 2.29. The Morgan fingerprint density at radius 2 is 1.91 bits per heavy atom. The first-order valence-corrected chi connectivity index (χ1v) is 13.6. The topological polar surface area (TPSA) is 286 Å². The Morgan fingerprint density at radius 3 is 2.49 bits per heavy atom. The lowest BCUT2D eigenvalue weighted by Crippen LogP contribution is -2.47. The van der Waals surface area contributed by atoms with Crippen molar-refractivity contribution in [3.8, 4) is 12.3 Å². The monoisotopic (exact) mass is 560 g/mol. The van der Waals surface area contributed by atoms with Crippen molar-refractivity contribution in [2.45, 2.75) is 37.1 Å². The summed E-state index contributed by atoms with van der Waals surface area (Å²) in [6.07, 6.45) is -0.457. The van der Waals surface area contributed by atoms with Gasteiger partial charge in [0.1, 0.15) is 12.2 Å². The van der Waals surface area contributed by atoms with E-state index in [1.165, 1.54) is 12.3 Å². The Kier molecular flexibility index (Phi) is 7.25. The van der Waals surface area contributed by atoms with Gasteiger partial charge in [-0.1, -0.05) is 5.92 Å². The average molecular weight is 560 g/mol. The van der Waals surface area contributed by atoms with Gasteiger partial charge >= 0.3 is 23.5 Å². The van der Waals surface area contributed by atoms with Crippen LogP contribution in [0.3, 0.4) is 0 Å². The Bertz CT molecular complexity index is 1380. The molecule has 2 aromatic heterocycles. The molecule has 0 aromatic carbocycles. The predicted octanol–water partition coefficient (Wildman–Crippen LogP) is -1.34. The number of terminal acetylenes is 1. The third kappa shape index (κ3) is 5.74. The molecule has 1 aliphatic heterocycles. The lowest BCUT2D eigenvalue weighted by molar-refractivity contribution is -0.0829. The van der Waals surface area contributed by atoms with Crippen molar-refractivity contribution in [3.63, 3.8) is 0 Å². The van der Waals surface area contributed by atoms with Crippen molar-refractivity contribution in [1.82, 2.24) is 14.5 Å².